The van der Waals surface area contributed by atoms with Crippen molar-refractivity contribution in [3.05, 3.63) is 49.8 Å². The molecule has 0 fully saturated rings. The van der Waals surface area contributed by atoms with Crippen molar-refractivity contribution in [3.8, 4) is 0 Å². The molecule has 7 heteroatoms. The number of aromatic nitrogens is 2. The molecular formula is C11H6Cl2IN3O. The molecule has 1 aromatic heterocycles. The van der Waals surface area contributed by atoms with E-state index in [1.165, 1.54) is 6.07 Å². The molecule has 0 unspecified atom stereocenters. The Balaban J connectivity index is 2.21. The van der Waals surface area contributed by atoms with Gasteiger partial charge in [-0.2, -0.15) is 0 Å². The molecule has 92 valence electrons. The zero-order chi connectivity index (χ0) is 13.1. The Bertz CT molecular complexity index is 589. The maximum Gasteiger partial charge on any atom is 0.258 e. The van der Waals surface area contributed by atoms with Gasteiger partial charge in [0.1, 0.15) is 0 Å². The highest BCUT2D eigenvalue weighted by atomic mass is 127. The summed E-state index contributed by atoms with van der Waals surface area (Å²) < 4.78 is 1.08. The Morgan fingerprint density at radius 3 is 2.50 bits per heavy atom. The van der Waals surface area contributed by atoms with E-state index in [9.17, 15) is 4.79 Å². The van der Waals surface area contributed by atoms with Crippen LogP contribution in [0.2, 0.25) is 10.3 Å². The summed E-state index contributed by atoms with van der Waals surface area (Å²) in [4.78, 5) is 11.9. The molecule has 0 aliphatic heterocycles. The summed E-state index contributed by atoms with van der Waals surface area (Å²) in [7, 11) is 0. The van der Waals surface area contributed by atoms with Crippen molar-refractivity contribution in [2.45, 2.75) is 0 Å². The molecule has 0 aliphatic carbocycles. The minimum absolute atomic E-state index is 0.0161. The first-order valence-corrected chi connectivity index (χ1v) is 6.65. The van der Waals surface area contributed by atoms with Crippen LogP contribution in [0.25, 0.3) is 0 Å². The van der Waals surface area contributed by atoms with Gasteiger partial charge in [-0.05, 0) is 52.9 Å². The normalized spacial score (nSPS) is 10.2. The second-order valence-electron chi connectivity index (χ2n) is 3.33. The van der Waals surface area contributed by atoms with Gasteiger partial charge in [-0.3, -0.25) is 4.79 Å². The summed E-state index contributed by atoms with van der Waals surface area (Å²) in [6.45, 7) is 0. The summed E-state index contributed by atoms with van der Waals surface area (Å²) in [5.74, 6) is -0.377. The van der Waals surface area contributed by atoms with E-state index in [1.807, 2.05) is 12.1 Å². The zero-order valence-corrected chi connectivity index (χ0v) is 12.5. The van der Waals surface area contributed by atoms with Crippen LogP contribution in [0.1, 0.15) is 10.4 Å². The standard InChI is InChI=1S/C11H6Cl2IN3O/c12-9-5-8(10(13)17-16-9)11(18)15-7-3-1-6(14)2-4-7/h1-5H,(H,15,18). The zero-order valence-electron chi connectivity index (χ0n) is 8.82. The lowest BCUT2D eigenvalue weighted by atomic mass is 10.2. The first kappa shape index (κ1) is 13.5. The minimum atomic E-state index is -0.377. The Labute approximate surface area is 127 Å². The third kappa shape index (κ3) is 3.30. The molecule has 1 N–H and O–H groups in total. The van der Waals surface area contributed by atoms with Crippen LogP contribution in [0.4, 0.5) is 5.69 Å². The van der Waals surface area contributed by atoms with Gasteiger partial charge >= 0.3 is 0 Å². The van der Waals surface area contributed by atoms with Gasteiger partial charge in [0.05, 0.1) is 5.56 Å². The molecule has 1 aromatic carbocycles. The molecule has 1 heterocycles. The first-order valence-electron chi connectivity index (χ1n) is 4.82. The Morgan fingerprint density at radius 1 is 1.17 bits per heavy atom. The number of carbonyl (C=O) groups is 1. The molecule has 4 nitrogen and oxygen atoms in total. The van der Waals surface area contributed by atoms with E-state index in [4.69, 9.17) is 23.2 Å². The number of hydrogen-bond acceptors (Lipinski definition) is 3. The largest absolute Gasteiger partial charge is 0.322 e. The highest BCUT2D eigenvalue weighted by Gasteiger charge is 2.13. The van der Waals surface area contributed by atoms with Gasteiger partial charge in [0.2, 0.25) is 0 Å². The van der Waals surface area contributed by atoms with Crippen molar-refractivity contribution in [2.24, 2.45) is 0 Å². The second kappa shape index (κ2) is 5.81. The van der Waals surface area contributed by atoms with Gasteiger partial charge in [-0.1, -0.05) is 23.2 Å². The number of halogens is 3. The van der Waals surface area contributed by atoms with Crippen molar-refractivity contribution in [2.75, 3.05) is 5.32 Å². The molecule has 2 aromatic rings. The fourth-order valence-corrected chi connectivity index (χ4v) is 1.93. The van der Waals surface area contributed by atoms with Crippen LogP contribution in [0, 0.1) is 3.57 Å². The summed E-state index contributed by atoms with van der Waals surface area (Å²) in [5, 5.41) is 9.95. The van der Waals surface area contributed by atoms with Crippen LogP contribution < -0.4 is 5.32 Å². The quantitative estimate of drug-likeness (QED) is 0.792. The van der Waals surface area contributed by atoms with Crippen molar-refractivity contribution in [3.63, 3.8) is 0 Å². The van der Waals surface area contributed by atoms with Gasteiger partial charge < -0.3 is 5.32 Å². The molecule has 0 aliphatic rings. The Hall–Kier alpha value is -0.920. The number of hydrogen-bond donors (Lipinski definition) is 1. The Kier molecular flexibility index (Phi) is 4.36. The van der Waals surface area contributed by atoms with E-state index in [2.05, 4.69) is 38.1 Å². The van der Waals surface area contributed by atoms with Crippen LogP contribution in [0.3, 0.4) is 0 Å². The van der Waals surface area contributed by atoms with E-state index in [1.54, 1.807) is 12.1 Å². The fraction of sp³-hybridized carbons (Fsp3) is 0. The SMILES string of the molecule is O=C(Nc1ccc(I)cc1)c1cc(Cl)nnc1Cl. The number of nitrogens with zero attached hydrogens (tertiary/aromatic N) is 2. The number of carbonyl (C=O) groups excluding carboxylic acids is 1. The molecule has 1 amide bonds. The van der Waals surface area contributed by atoms with Crippen molar-refractivity contribution < 1.29 is 4.79 Å². The summed E-state index contributed by atoms with van der Waals surface area (Å²) >= 11 is 13.6. The number of benzene rings is 1. The predicted molar refractivity (Wildman–Crippen MR) is 79.2 cm³/mol. The smallest absolute Gasteiger partial charge is 0.258 e. The summed E-state index contributed by atoms with van der Waals surface area (Å²) in [5.41, 5.74) is 0.861. The number of rotatable bonds is 2. The molecule has 0 atom stereocenters. The number of nitrogens with one attached hydrogen (secondary N) is 1. The molecule has 0 saturated heterocycles. The van der Waals surface area contributed by atoms with E-state index in [0.717, 1.165) is 3.57 Å². The third-order valence-electron chi connectivity index (χ3n) is 2.07. The van der Waals surface area contributed by atoms with Crippen molar-refractivity contribution in [1.29, 1.82) is 0 Å². The van der Waals surface area contributed by atoms with Gasteiger partial charge in [0.15, 0.2) is 10.3 Å². The van der Waals surface area contributed by atoms with E-state index < -0.39 is 0 Å². The maximum absolute atomic E-state index is 11.9. The van der Waals surface area contributed by atoms with E-state index in [-0.39, 0.29) is 21.8 Å². The lowest BCUT2D eigenvalue weighted by Crippen LogP contribution is -2.13. The van der Waals surface area contributed by atoms with Gasteiger partial charge in [0, 0.05) is 9.26 Å². The molecule has 2 rings (SSSR count). The topological polar surface area (TPSA) is 54.9 Å². The minimum Gasteiger partial charge on any atom is -0.322 e. The molecular weight excluding hydrogens is 388 g/mol. The molecule has 0 bridgehead atoms. The lowest BCUT2D eigenvalue weighted by Gasteiger charge is -2.06. The first-order chi connectivity index (χ1) is 8.56. The number of amides is 1. The average Bonchev–Trinajstić information content (AvgIpc) is 2.35. The van der Waals surface area contributed by atoms with Crippen LogP contribution in [-0.4, -0.2) is 16.1 Å². The third-order valence-corrected chi connectivity index (χ3v) is 3.25. The fourth-order valence-electron chi connectivity index (χ4n) is 1.24. The van der Waals surface area contributed by atoms with Crippen molar-refractivity contribution >= 4 is 57.4 Å². The van der Waals surface area contributed by atoms with Crippen LogP contribution >= 0.6 is 45.8 Å². The monoisotopic (exact) mass is 393 g/mol. The molecule has 0 radical (unpaired) electrons. The van der Waals surface area contributed by atoms with E-state index >= 15 is 0 Å². The molecule has 0 saturated carbocycles. The Morgan fingerprint density at radius 2 is 1.83 bits per heavy atom. The highest BCUT2D eigenvalue weighted by Crippen LogP contribution is 2.18. The predicted octanol–water partition coefficient (Wildman–Crippen LogP) is 3.64. The van der Waals surface area contributed by atoms with Crippen LogP contribution in [0.5, 0.6) is 0 Å². The molecule has 18 heavy (non-hydrogen) atoms. The summed E-state index contributed by atoms with van der Waals surface area (Å²) in [6, 6.07) is 8.73. The second-order valence-corrected chi connectivity index (χ2v) is 5.32. The average molecular weight is 394 g/mol. The van der Waals surface area contributed by atoms with Gasteiger partial charge in [-0.25, -0.2) is 0 Å². The maximum atomic E-state index is 11.9. The van der Waals surface area contributed by atoms with Crippen LogP contribution in [-0.2, 0) is 0 Å². The van der Waals surface area contributed by atoms with Crippen LogP contribution in [0.15, 0.2) is 30.3 Å². The lowest BCUT2D eigenvalue weighted by molar-refractivity contribution is 0.102. The van der Waals surface area contributed by atoms with Gasteiger partial charge in [0.25, 0.3) is 5.91 Å². The van der Waals surface area contributed by atoms with Crippen molar-refractivity contribution in [1.82, 2.24) is 10.2 Å². The van der Waals surface area contributed by atoms with E-state index in [0.29, 0.717) is 5.69 Å². The number of anilines is 1. The molecule has 0 spiro atoms. The summed E-state index contributed by atoms with van der Waals surface area (Å²) in [6.07, 6.45) is 0. The van der Waals surface area contributed by atoms with Gasteiger partial charge in [-0.15, -0.1) is 10.2 Å². The highest BCUT2D eigenvalue weighted by molar-refractivity contribution is 14.1.